The monoisotopic (exact) mass is 309 g/mol. The Balaban J connectivity index is 1.88. The van der Waals surface area contributed by atoms with Gasteiger partial charge >= 0.3 is 0 Å². The Morgan fingerprint density at radius 3 is 3.05 bits per heavy atom. The van der Waals surface area contributed by atoms with Gasteiger partial charge in [0.25, 0.3) is 0 Å². The van der Waals surface area contributed by atoms with Crippen molar-refractivity contribution in [3.63, 3.8) is 0 Å². The first kappa shape index (κ1) is 16.7. The Labute approximate surface area is 130 Å². The first-order valence-electron chi connectivity index (χ1n) is 7.93. The van der Waals surface area contributed by atoms with Crippen molar-refractivity contribution >= 4 is 5.91 Å². The van der Waals surface area contributed by atoms with Crippen LogP contribution in [0.2, 0.25) is 0 Å². The lowest BCUT2D eigenvalue weighted by molar-refractivity contribution is -0.126. The van der Waals surface area contributed by atoms with Gasteiger partial charge in [-0.1, -0.05) is 13.3 Å². The molecular weight excluding hydrogens is 285 g/mol. The normalized spacial score (nSPS) is 18.2. The third-order valence-corrected chi connectivity index (χ3v) is 4.10. The van der Waals surface area contributed by atoms with Gasteiger partial charge in [0.2, 0.25) is 5.91 Å². The van der Waals surface area contributed by atoms with Gasteiger partial charge < -0.3 is 15.2 Å². The van der Waals surface area contributed by atoms with Gasteiger partial charge in [-0.15, -0.1) is 0 Å². The number of ether oxygens (including phenoxy) is 1. The van der Waals surface area contributed by atoms with Crippen molar-refractivity contribution < 1.29 is 19.0 Å². The number of hydrogen-bond acceptors (Lipinski definition) is 3. The predicted molar refractivity (Wildman–Crippen MR) is 82.2 cm³/mol. The molecular formula is C17H24FNO3. The molecule has 2 atom stereocenters. The second kappa shape index (κ2) is 8.13. The Morgan fingerprint density at radius 2 is 2.32 bits per heavy atom. The van der Waals surface area contributed by atoms with Crippen molar-refractivity contribution in [3.8, 4) is 5.75 Å². The van der Waals surface area contributed by atoms with E-state index >= 15 is 0 Å². The van der Waals surface area contributed by atoms with Gasteiger partial charge in [0.05, 0.1) is 5.92 Å². The van der Waals surface area contributed by atoms with E-state index in [4.69, 9.17) is 9.84 Å². The molecule has 0 fully saturated rings. The fourth-order valence-electron chi connectivity index (χ4n) is 2.86. The summed E-state index contributed by atoms with van der Waals surface area (Å²) < 4.78 is 18.8. The lowest BCUT2D eigenvalue weighted by atomic mass is 9.95. The molecule has 1 aliphatic rings. The summed E-state index contributed by atoms with van der Waals surface area (Å²) in [6.45, 7) is 3.12. The van der Waals surface area contributed by atoms with Gasteiger partial charge in [-0.2, -0.15) is 0 Å². The van der Waals surface area contributed by atoms with Crippen molar-refractivity contribution in [2.75, 3.05) is 19.8 Å². The molecule has 5 heteroatoms. The van der Waals surface area contributed by atoms with Crippen molar-refractivity contribution in [1.82, 2.24) is 5.32 Å². The number of aliphatic hydroxyl groups is 1. The maximum absolute atomic E-state index is 13.3. The number of nitrogens with one attached hydrogen (secondary N) is 1. The minimum atomic E-state index is -0.311. The molecule has 1 aliphatic heterocycles. The van der Waals surface area contributed by atoms with Crippen LogP contribution in [-0.2, 0) is 11.2 Å². The van der Waals surface area contributed by atoms with E-state index in [-0.39, 0.29) is 24.2 Å². The van der Waals surface area contributed by atoms with E-state index in [0.29, 0.717) is 37.7 Å². The highest BCUT2D eigenvalue weighted by molar-refractivity contribution is 5.79. The summed E-state index contributed by atoms with van der Waals surface area (Å²) in [7, 11) is 0. The van der Waals surface area contributed by atoms with E-state index in [9.17, 15) is 9.18 Å². The number of fused-ring (bicyclic) bond motifs is 1. The van der Waals surface area contributed by atoms with Crippen LogP contribution in [0.3, 0.4) is 0 Å². The molecule has 4 nitrogen and oxygen atoms in total. The number of amides is 1. The molecule has 1 amide bonds. The van der Waals surface area contributed by atoms with Crippen molar-refractivity contribution in [1.29, 1.82) is 0 Å². The third kappa shape index (κ3) is 4.44. The first-order valence-corrected chi connectivity index (χ1v) is 7.93. The average Bonchev–Trinajstić information content (AvgIpc) is 2.52. The van der Waals surface area contributed by atoms with Crippen LogP contribution in [0.25, 0.3) is 0 Å². The first-order chi connectivity index (χ1) is 10.6. The summed E-state index contributed by atoms with van der Waals surface area (Å²) in [6.07, 6.45) is 3.20. The Hall–Kier alpha value is -1.62. The predicted octanol–water partition coefficient (Wildman–Crippen LogP) is 2.29. The van der Waals surface area contributed by atoms with E-state index < -0.39 is 0 Å². The fourth-order valence-corrected chi connectivity index (χ4v) is 2.86. The topological polar surface area (TPSA) is 58.6 Å². The minimum Gasteiger partial charge on any atom is -0.492 e. The molecule has 0 aromatic heterocycles. The van der Waals surface area contributed by atoms with E-state index in [0.717, 1.165) is 18.4 Å². The molecule has 0 aliphatic carbocycles. The van der Waals surface area contributed by atoms with Gasteiger partial charge in [0, 0.05) is 13.2 Å². The lowest BCUT2D eigenvalue weighted by Crippen LogP contribution is -2.39. The molecule has 1 aromatic rings. The Bertz CT molecular complexity index is 501. The van der Waals surface area contributed by atoms with E-state index in [2.05, 4.69) is 12.2 Å². The number of carbonyl (C=O) groups is 1. The number of halogens is 1. The maximum Gasteiger partial charge on any atom is 0.226 e. The third-order valence-electron chi connectivity index (χ3n) is 4.10. The molecule has 0 saturated heterocycles. The highest BCUT2D eigenvalue weighted by atomic mass is 19.1. The Kier molecular flexibility index (Phi) is 6.19. The molecule has 1 heterocycles. The van der Waals surface area contributed by atoms with Crippen molar-refractivity contribution in [2.45, 2.75) is 32.6 Å². The number of carbonyl (C=O) groups excluding carboxylic acids is 1. The lowest BCUT2D eigenvalue weighted by Gasteiger charge is -2.25. The second-order valence-corrected chi connectivity index (χ2v) is 5.88. The molecule has 0 radical (unpaired) electrons. The highest BCUT2D eigenvalue weighted by Gasteiger charge is 2.26. The van der Waals surface area contributed by atoms with Crippen LogP contribution in [0.4, 0.5) is 4.39 Å². The van der Waals surface area contributed by atoms with Crippen LogP contribution in [0.15, 0.2) is 18.2 Å². The van der Waals surface area contributed by atoms with Gasteiger partial charge in [0.15, 0.2) is 0 Å². The smallest absolute Gasteiger partial charge is 0.226 e. The summed E-state index contributed by atoms with van der Waals surface area (Å²) >= 11 is 0. The van der Waals surface area contributed by atoms with Gasteiger partial charge in [-0.05, 0) is 48.9 Å². The summed E-state index contributed by atoms with van der Waals surface area (Å²) in [5.74, 6) is 0.303. The van der Waals surface area contributed by atoms with E-state index in [1.807, 2.05) is 0 Å². The largest absolute Gasteiger partial charge is 0.492 e. The summed E-state index contributed by atoms with van der Waals surface area (Å²) in [5, 5.41) is 12.0. The minimum absolute atomic E-state index is 0.0612. The molecule has 2 unspecified atom stereocenters. The van der Waals surface area contributed by atoms with Gasteiger partial charge in [-0.25, -0.2) is 4.39 Å². The Morgan fingerprint density at radius 1 is 1.50 bits per heavy atom. The maximum atomic E-state index is 13.3. The quantitative estimate of drug-likeness (QED) is 0.812. The second-order valence-electron chi connectivity index (χ2n) is 5.88. The van der Waals surface area contributed by atoms with Gasteiger partial charge in [-0.3, -0.25) is 4.79 Å². The average molecular weight is 309 g/mol. The van der Waals surface area contributed by atoms with Gasteiger partial charge in [0.1, 0.15) is 18.2 Å². The van der Waals surface area contributed by atoms with Crippen LogP contribution in [0, 0.1) is 17.7 Å². The molecule has 0 spiro atoms. The molecule has 1 aromatic carbocycles. The standard InChI is InChI=1S/C17H24FNO3/c1-2-3-12(6-7-20)10-19-17(21)14-8-13-9-15(18)4-5-16(13)22-11-14/h4-5,9,12,14,20H,2-3,6-8,10-11H2,1H3,(H,19,21). The SMILES string of the molecule is CCCC(CCO)CNC(=O)C1COc2ccc(F)cc2C1. The van der Waals surface area contributed by atoms with Crippen LogP contribution in [0.1, 0.15) is 31.7 Å². The van der Waals surface area contributed by atoms with Crippen molar-refractivity contribution in [3.05, 3.63) is 29.6 Å². The summed E-state index contributed by atoms with van der Waals surface area (Å²) in [6, 6.07) is 4.40. The van der Waals surface area contributed by atoms with E-state index in [1.165, 1.54) is 12.1 Å². The number of aliphatic hydroxyl groups excluding tert-OH is 1. The summed E-state index contributed by atoms with van der Waals surface area (Å²) in [4.78, 5) is 12.3. The molecule has 0 saturated carbocycles. The van der Waals surface area contributed by atoms with E-state index in [1.54, 1.807) is 6.07 Å². The molecule has 22 heavy (non-hydrogen) atoms. The van der Waals surface area contributed by atoms with Crippen LogP contribution < -0.4 is 10.1 Å². The zero-order chi connectivity index (χ0) is 15.9. The zero-order valence-corrected chi connectivity index (χ0v) is 13.0. The molecule has 122 valence electrons. The number of hydrogen-bond donors (Lipinski definition) is 2. The van der Waals surface area contributed by atoms with Crippen molar-refractivity contribution in [2.24, 2.45) is 11.8 Å². The number of rotatable bonds is 7. The summed E-state index contributed by atoms with van der Waals surface area (Å²) in [5.41, 5.74) is 0.742. The molecule has 2 rings (SSSR count). The number of benzene rings is 1. The van der Waals surface area contributed by atoms with Crippen LogP contribution >= 0.6 is 0 Å². The zero-order valence-electron chi connectivity index (χ0n) is 13.0. The molecule has 2 N–H and O–H groups in total. The fraction of sp³-hybridized carbons (Fsp3) is 0.588. The highest BCUT2D eigenvalue weighted by Crippen LogP contribution is 2.28. The van der Waals surface area contributed by atoms with Crippen LogP contribution in [-0.4, -0.2) is 30.8 Å². The molecule has 0 bridgehead atoms. The van der Waals surface area contributed by atoms with Crippen LogP contribution in [0.5, 0.6) is 5.75 Å².